The van der Waals surface area contributed by atoms with Crippen LogP contribution in [0.3, 0.4) is 0 Å². The summed E-state index contributed by atoms with van der Waals surface area (Å²) in [6.45, 7) is 1.93. The van der Waals surface area contributed by atoms with Crippen molar-refractivity contribution in [2.45, 2.75) is 12.4 Å². The molecule has 1 N–H and O–H groups in total. The van der Waals surface area contributed by atoms with E-state index in [4.69, 9.17) is 34.8 Å². The van der Waals surface area contributed by atoms with Gasteiger partial charge in [-0.2, -0.15) is 5.10 Å². The number of H-pyrrole nitrogens is 1. The number of aromatic nitrogens is 4. The van der Waals surface area contributed by atoms with E-state index in [2.05, 4.69) is 20.2 Å². The molecule has 0 saturated carbocycles. The predicted molar refractivity (Wildman–Crippen MR) is 110 cm³/mol. The van der Waals surface area contributed by atoms with Crippen molar-refractivity contribution in [2.75, 3.05) is 4.90 Å². The van der Waals surface area contributed by atoms with Crippen LogP contribution in [0, 0.1) is 6.92 Å². The number of hydrogen-bond donors (Lipinski definition) is 1. The number of halogens is 3. The summed E-state index contributed by atoms with van der Waals surface area (Å²) in [6.07, 6.45) is 5.13. The second-order valence-electron chi connectivity index (χ2n) is 5.92. The number of anilines is 1. The number of rotatable bonds is 3. The molecule has 1 aliphatic rings. The minimum Gasteiger partial charge on any atom is -0.307 e. The zero-order chi connectivity index (χ0) is 19.0. The first-order valence-corrected chi connectivity index (χ1v) is 9.34. The Bertz CT molecular complexity index is 1030. The van der Waals surface area contributed by atoms with Crippen LogP contribution >= 0.6 is 34.8 Å². The monoisotopic (exact) mass is 417 g/mol. The molecular formula is C19H14Cl3N5. The first-order chi connectivity index (χ1) is 13.1. The summed E-state index contributed by atoms with van der Waals surface area (Å²) >= 11 is 19.8. The van der Waals surface area contributed by atoms with Crippen molar-refractivity contribution in [1.82, 2.24) is 20.2 Å². The van der Waals surface area contributed by atoms with E-state index >= 15 is 0 Å². The van der Waals surface area contributed by atoms with Crippen molar-refractivity contribution >= 4 is 46.2 Å². The van der Waals surface area contributed by atoms with E-state index in [9.17, 15) is 0 Å². The van der Waals surface area contributed by atoms with Gasteiger partial charge in [0.1, 0.15) is 5.50 Å². The fourth-order valence-corrected chi connectivity index (χ4v) is 3.87. The molecule has 0 aromatic carbocycles. The summed E-state index contributed by atoms with van der Waals surface area (Å²) in [4.78, 5) is 10.5. The average molecular weight is 419 g/mol. The Labute approximate surface area is 171 Å². The molecule has 1 atom stereocenters. The van der Waals surface area contributed by atoms with Crippen LogP contribution in [0.25, 0.3) is 16.8 Å². The topological polar surface area (TPSA) is 57.7 Å². The first kappa shape index (κ1) is 18.0. The normalized spacial score (nSPS) is 17.3. The van der Waals surface area contributed by atoms with Crippen molar-refractivity contribution in [2.24, 2.45) is 0 Å². The molecule has 4 heterocycles. The molecule has 0 spiro atoms. The quantitative estimate of drug-likeness (QED) is 0.464. The summed E-state index contributed by atoms with van der Waals surface area (Å²) in [5, 5.41) is 8.22. The van der Waals surface area contributed by atoms with Crippen LogP contribution in [0.2, 0.25) is 0 Å². The molecule has 27 heavy (non-hydrogen) atoms. The molecule has 136 valence electrons. The standard InChI is InChI=1S/C19H14Cl3N5/c1-11-15(13-6-2-4-8-23-13)19(26-25-11)27-10-12(20)16(17(21)18(27)22)14-7-3-5-9-24-14/h2-10,18H,1H3,(H,25,26). The zero-order valence-corrected chi connectivity index (χ0v) is 16.5. The Balaban J connectivity index is 1.80. The third-order valence-electron chi connectivity index (χ3n) is 4.20. The highest BCUT2D eigenvalue weighted by molar-refractivity contribution is 6.46. The number of allylic oxidation sites excluding steroid dienone is 2. The summed E-state index contributed by atoms with van der Waals surface area (Å²) < 4.78 is 0. The maximum absolute atomic E-state index is 6.68. The Morgan fingerprint density at radius 3 is 2.30 bits per heavy atom. The van der Waals surface area contributed by atoms with Crippen molar-refractivity contribution in [3.05, 3.63) is 76.4 Å². The third-order valence-corrected chi connectivity index (χ3v) is 5.42. The lowest BCUT2D eigenvalue weighted by atomic mass is 10.1. The molecule has 0 amide bonds. The second-order valence-corrected chi connectivity index (χ2v) is 7.15. The maximum Gasteiger partial charge on any atom is 0.165 e. The van der Waals surface area contributed by atoms with Gasteiger partial charge in [-0.15, -0.1) is 0 Å². The number of hydrogen-bond acceptors (Lipinski definition) is 4. The largest absolute Gasteiger partial charge is 0.307 e. The lowest BCUT2D eigenvalue weighted by Crippen LogP contribution is -2.30. The van der Waals surface area contributed by atoms with Crippen molar-refractivity contribution in [1.29, 1.82) is 0 Å². The minimum absolute atomic E-state index is 0.385. The van der Waals surface area contributed by atoms with Gasteiger partial charge in [-0.05, 0) is 31.2 Å². The number of aromatic amines is 1. The molecule has 4 rings (SSSR count). The fourth-order valence-electron chi connectivity index (χ4n) is 2.95. The van der Waals surface area contributed by atoms with Gasteiger partial charge in [-0.3, -0.25) is 15.1 Å². The Morgan fingerprint density at radius 2 is 1.67 bits per heavy atom. The number of aryl methyl sites for hydroxylation is 1. The first-order valence-electron chi connectivity index (χ1n) is 8.15. The van der Waals surface area contributed by atoms with Gasteiger partial charge in [0.25, 0.3) is 0 Å². The lowest BCUT2D eigenvalue weighted by Gasteiger charge is -2.30. The van der Waals surface area contributed by atoms with Gasteiger partial charge < -0.3 is 4.90 Å². The van der Waals surface area contributed by atoms with Crippen LogP contribution in [0.4, 0.5) is 5.82 Å². The van der Waals surface area contributed by atoms with E-state index in [0.717, 1.165) is 17.0 Å². The van der Waals surface area contributed by atoms with Crippen LogP contribution < -0.4 is 4.90 Å². The highest BCUT2D eigenvalue weighted by Crippen LogP contribution is 2.43. The van der Waals surface area contributed by atoms with E-state index < -0.39 is 5.50 Å². The van der Waals surface area contributed by atoms with Gasteiger partial charge in [0, 0.05) is 29.9 Å². The zero-order valence-electron chi connectivity index (χ0n) is 14.2. The highest BCUT2D eigenvalue weighted by Gasteiger charge is 2.32. The molecule has 3 aromatic heterocycles. The molecule has 0 fully saturated rings. The van der Waals surface area contributed by atoms with Gasteiger partial charge >= 0.3 is 0 Å². The molecule has 8 heteroatoms. The van der Waals surface area contributed by atoms with Crippen LogP contribution in [0.15, 0.2) is 65.1 Å². The van der Waals surface area contributed by atoms with Crippen molar-refractivity contribution in [3.8, 4) is 11.3 Å². The number of alkyl halides is 1. The van der Waals surface area contributed by atoms with Crippen LogP contribution in [0.5, 0.6) is 0 Å². The summed E-state index contributed by atoms with van der Waals surface area (Å²) in [7, 11) is 0. The number of pyridine rings is 2. The third kappa shape index (κ3) is 3.23. The van der Waals surface area contributed by atoms with E-state index in [1.165, 1.54) is 0 Å². The molecule has 0 bridgehead atoms. The highest BCUT2D eigenvalue weighted by atomic mass is 35.5. The molecule has 5 nitrogen and oxygen atoms in total. The lowest BCUT2D eigenvalue weighted by molar-refractivity contribution is 0.933. The number of nitrogens with zero attached hydrogens (tertiary/aromatic N) is 4. The molecule has 1 unspecified atom stereocenters. The van der Waals surface area contributed by atoms with Gasteiger partial charge in [0.2, 0.25) is 0 Å². The fraction of sp³-hybridized carbons (Fsp3) is 0.105. The summed E-state index contributed by atoms with van der Waals surface area (Å²) in [5.41, 5.74) is 3.08. The van der Waals surface area contributed by atoms with E-state index in [1.807, 2.05) is 43.3 Å². The maximum atomic E-state index is 6.68. The number of nitrogens with one attached hydrogen (secondary N) is 1. The smallest absolute Gasteiger partial charge is 0.165 e. The summed E-state index contributed by atoms with van der Waals surface area (Å²) in [5.74, 6) is 0.600. The van der Waals surface area contributed by atoms with Crippen LogP contribution in [0.1, 0.15) is 11.4 Å². The molecule has 0 aliphatic carbocycles. The summed E-state index contributed by atoms with van der Waals surface area (Å²) in [6, 6.07) is 11.2. The van der Waals surface area contributed by atoms with Gasteiger partial charge in [-0.1, -0.05) is 46.9 Å². The van der Waals surface area contributed by atoms with Gasteiger partial charge in [-0.25, -0.2) is 0 Å². The van der Waals surface area contributed by atoms with Crippen LogP contribution in [-0.4, -0.2) is 25.7 Å². The predicted octanol–water partition coefficient (Wildman–Crippen LogP) is 5.29. The Morgan fingerprint density at radius 1 is 1.00 bits per heavy atom. The van der Waals surface area contributed by atoms with E-state index in [1.54, 1.807) is 23.5 Å². The Kier molecular flexibility index (Phi) is 4.91. The molecule has 0 radical (unpaired) electrons. The van der Waals surface area contributed by atoms with Crippen molar-refractivity contribution in [3.63, 3.8) is 0 Å². The molecule has 3 aromatic rings. The average Bonchev–Trinajstić information content (AvgIpc) is 3.07. The molecule has 0 saturated heterocycles. The SMILES string of the molecule is Cc1[nH]nc(N2C=C(Cl)C(c3ccccn3)=C(Cl)C2Cl)c1-c1ccccn1. The molecule has 1 aliphatic heterocycles. The van der Waals surface area contributed by atoms with E-state index in [0.29, 0.717) is 27.1 Å². The van der Waals surface area contributed by atoms with E-state index in [-0.39, 0.29) is 0 Å². The van der Waals surface area contributed by atoms with Crippen LogP contribution in [-0.2, 0) is 0 Å². The molecular weight excluding hydrogens is 405 g/mol. The van der Waals surface area contributed by atoms with Gasteiger partial charge in [0.05, 0.1) is 27.0 Å². The minimum atomic E-state index is -0.684. The van der Waals surface area contributed by atoms with Gasteiger partial charge in [0.15, 0.2) is 5.82 Å². The van der Waals surface area contributed by atoms with Crippen molar-refractivity contribution < 1.29 is 0 Å². The second kappa shape index (κ2) is 7.35. The Hall–Kier alpha value is -2.34.